The number of hydrogen-bond donors (Lipinski definition) is 1. The maximum atomic E-state index is 13.4. The van der Waals surface area contributed by atoms with Gasteiger partial charge in [-0.05, 0) is 24.5 Å². The fourth-order valence-electron chi connectivity index (χ4n) is 1.58. The smallest absolute Gasteiger partial charge is 0.307 e. The number of carbonyl (C=O) groups is 2. The summed E-state index contributed by atoms with van der Waals surface area (Å²) < 4.78 is 44.2. The van der Waals surface area contributed by atoms with E-state index < -0.39 is 41.1 Å². The molecule has 7 heteroatoms. The lowest BCUT2D eigenvalue weighted by Gasteiger charge is -2.19. The van der Waals surface area contributed by atoms with Crippen molar-refractivity contribution in [2.75, 3.05) is 5.32 Å². The minimum absolute atomic E-state index is 0.101. The third kappa shape index (κ3) is 5.05. The zero-order valence-electron chi connectivity index (χ0n) is 12.8. The van der Waals surface area contributed by atoms with Crippen LogP contribution in [0.3, 0.4) is 0 Å². The van der Waals surface area contributed by atoms with E-state index in [1.165, 1.54) is 6.92 Å². The lowest BCUT2D eigenvalue weighted by Crippen LogP contribution is -2.31. The van der Waals surface area contributed by atoms with Crippen molar-refractivity contribution in [2.24, 2.45) is 5.41 Å². The van der Waals surface area contributed by atoms with Crippen molar-refractivity contribution < 1.29 is 27.5 Å². The van der Waals surface area contributed by atoms with E-state index in [0.29, 0.717) is 6.07 Å². The summed E-state index contributed by atoms with van der Waals surface area (Å²) in [5, 5.41) is 2.05. The van der Waals surface area contributed by atoms with Gasteiger partial charge in [-0.2, -0.15) is 0 Å². The van der Waals surface area contributed by atoms with Gasteiger partial charge in [0.2, 0.25) is 0 Å². The Morgan fingerprint density at radius 1 is 1.18 bits per heavy atom. The molecular weight excluding hydrogens is 299 g/mol. The van der Waals surface area contributed by atoms with Crippen LogP contribution in [0.25, 0.3) is 0 Å². The van der Waals surface area contributed by atoms with Gasteiger partial charge < -0.3 is 10.1 Å². The predicted molar refractivity (Wildman–Crippen MR) is 74.6 cm³/mol. The van der Waals surface area contributed by atoms with Gasteiger partial charge in [0, 0.05) is 0 Å². The highest BCUT2D eigenvalue weighted by molar-refractivity contribution is 5.95. The quantitative estimate of drug-likeness (QED) is 0.684. The molecule has 0 saturated heterocycles. The van der Waals surface area contributed by atoms with Crippen LogP contribution in [0.5, 0.6) is 0 Å². The first-order valence-electron chi connectivity index (χ1n) is 6.65. The number of esters is 1. The molecule has 1 rings (SSSR count). The molecule has 0 bridgehead atoms. The van der Waals surface area contributed by atoms with Crippen molar-refractivity contribution in [1.82, 2.24) is 0 Å². The van der Waals surface area contributed by atoms with Gasteiger partial charge in [0.1, 0.15) is 0 Å². The fraction of sp³-hybridized carbons (Fsp3) is 0.467. The van der Waals surface area contributed by atoms with Crippen LogP contribution in [0, 0.1) is 22.9 Å². The maximum Gasteiger partial charge on any atom is 0.307 e. The predicted octanol–water partition coefficient (Wildman–Crippen LogP) is 3.41. The Balaban J connectivity index is 2.69. The van der Waals surface area contributed by atoms with Crippen molar-refractivity contribution in [3.05, 3.63) is 29.6 Å². The first-order chi connectivity index (χ1) is 10.0. The zero-order chi connectivity index (χ0) is 17.1. The van der Waals surface area contributed by atoms with Gasteiger partial charge in [-0.1, -0.05) is 20.8 Å². The van der Waals surface area contributed by atoms with Crippen LogP contribution >= 0.6 is 0 Å². The standard InChI is InChI=1S/C15H18F3NO3/c1-8(22-11(20)7-15(2,3)4)14(21)19-10-6-5-9(16)12(17)13(10)18/h5-6,8H,7H2,1-4H3,(H,19,21)/t8-/m0/s1. The van der Waals surface area contributed by atoms with Gasteiger partial charge >= 0.3 is 5.97 Å². The van der Waals surface area contributed by atoms with Gasteiger partial charge in [-0.25, -0.2) is 13.2 Å². The molecule has 1 amide bonds. The van der Waals surface area contributed by atoms with Crippen LogP contribution in [-0.2, 0) is 14.3 Å². The van der Waals surface area contributed by atoms with Crippen LogP contribution in [0.4, 0.5) is 18.9 Å². The van der Waals surface area contributed by atoms with E-state index in [1.54, 1.807) is 0 Å². The first-order valence-corrected chi connectivity index (χ1v) is 6.65. The van der Waals surface area contributed by atoms with Crippen molar-refractivity contribution in [2.45, 2.75) is 40.2 Å². The van der Waals surface area contributed by atoms with Crippen LogP contribution in [0.1, 0.15) is 34.1 Å². The molecule has 0 spiro atoms. The zero-order valence-corrected chi connectivity index (χ0v) is 12.8. The summed E-state index contributed by atoms with van der Waals surface area (Å²) in [6.07, 6.45) is -1.09. The third-order valence-electron chi connectivity index (χ3n) is 2.65. The number of ether oxygens (including phenoxy) is 1. The molecule has 0 saturated carbocycles. The Bertz CT molecular complexity index is 582. The Labute approximate surface area is 126 Å². The fourth-order valence-corrected chi connectivity index (χ4v) is 1.58. The van der Waals surface area contributed by atoms with Gasteiger partial charge in [-0.15, -0.1) is 0 Å². The van der Waals surface area contributed by atoms with Crippen molar-refractivity contribution in [3.63, 3.8) is 0 Å². The normalized spacial score (nSPS) is 12.7. The average Bonchev–Trinajstić information content (AvgIpc) is 2.37. The molecule has 1 N–H and O–H groups in total. The van der Waals surface area contributed by atoms with E-state index in [2.05, 4.69) is 0 Å². The van der Waals surface area contributed by atoms with Gasteiger partial charge in [0.15, 0.2) is 23.6 Å². The number of benzene rings is 1. The third-order valence-corrected chi connectivity index (χ3v) is 2.65. The minimum atomic E-state index is -1.69. The highest BCUT2D eigenvalue weighted by atomic mass is 19.2. The first kappa shape index (κ1) is 18.0. The summed E-state index contributed by atoms with van der Waals surface area (Å²) in [5.41, 5.74) is -0.831. The summed E-state index contributed by atoms with van der Waals surface area (Å²) in [4.78, 5) is 23.4. The summed E-state index contributed by atoms with van der Waals surface area (Å²) in [6, 6.07) is 1.57. The number of carbonyl (C=O) groups excluding carboxylic acids is 2. The molecule has 1 aromatic carbocycles. The van der Waals surface area contributed by atoms with Crippen LogP contribution in [0.15, 0.2) is 12.1 Å². The second kappa shape index (κ2) is 6.81. The van der Waals surface area contributed by atoms with Gasteiger partial charge in [0.25, 0.3) is 5.91 Å². The number of nitrogens with one attached hydrogen (secondary N) is 1. The second-order valence-electron chi connectivity index (χ2n) is 6.08. The second-order valence-corrected chi connectivity index (χ2v) is 6.08. The largest absolute Gasteiger partial charge is 0.453 e. The van der Waals surface area contributed by atoms with Crippen molar-refractivity contribution in [1.29, 1.82) is 0 Å². The number of amides is 1. The molecule has 1 aromatic rings. The van der Waals surface area contributed by atoms with E-state index in [9.17, 15) is 22.8 Å². The topological polar surface area (TPSA) is 55.4 Å². The molecule has 0 radical (unpaired) electrons. The Kier molecular flexibility index (Phi) is 5.57. The molecule has 0 heterocycles. The summed E-state index contributed by atoms with van der Waals surface area (Å²) in [7, 11) is 0. The molecule has 0 aromatic heterocycles. The Morgan fingerprint density at radius 3 is 2.32 bits per heavy atom. The average molecular weight is 317 g/mol. The molecule has 0 fully saturated rings. The highest BCUT2D eigenvalue weighted by Gasteiger charge is 2.23. The number of anilines is 1. The monoisotopic (exact) mass is 317 g/mol. The summed E-state index contributed by atoms with van der Waals surface area (Å²) in [6.45, 7) is 6.79. The lowest BCUT2D eigenvalue weighted by molar-refractivity contribution is -0.154. The number of rotatable bonds is 4. The molecular formula is C15H18F3NO3. The van der Waals surface area contributed by atoms with Crippen LogP contribution < -0.4 is 5.32 Å². The van der Waals surface area contributed by atoms with Crippen molar-refractivity contribution >= 4 is 17.6 Å². The van der Waals surface area contributed by atoms with Gasteiger partial charge in [-0.3, -0.25) is 9.59 Å². The number of halogens is 3. The molecule has 4 nitrogen and oxygen atoms in total. The molecule has 0 aliphatic carbocycles. The van der Waals surface area contributed by atoms with Crippen LogP contribution in [0.2, 0.25) is 0 Å². The van der Waals surface area contributed by atoms with E-state index in [-0.39, 0.29) is 11.8 Å². The summed E-state index contributed by atoms with van der Waals surface area (Å²) >= 11 is 0. The molecule has 0 aliphatic heterocycles. The molecule has 1 atom stereocenters. The van der Waals surface area contributed by atoms with E-state index in [0.717, 1.165) is 6.07 Å². The summed E-state index contributed by atoms with van der Waals surface area (Å²) in [5.74, 6) is -5.98. The molecule has 0 unspecified atom stereocenters. The minimum Gasteiger partial charge on any atom is -0.453 e. The SMILES string of the molecule is C[C@H](OC(=O)CC(C)(C)C)C(=O)Nc1ccc(F)c(F)c1F. The highest BCUT2D eigenvalue weighted by Crippen LogP contribution is 2.21. The lowest BCUT2D eigenvalue weighted by atomic mass is 9.92. The number of hydrogen-bond acceptors (Lipinski definition) is 3. The Morgan fingerprint density at radius 2 is 1.77 bits per heavy atom. The Hall–Kier alpha value is -2.05. The van der Waals surface area contributed by atoms with E-state index >= 15 is 0 Å². The molecule has 22 heavy (non-hydrogen) atoms. The maximum absolute atomic E-state index is 13.4. The van der Waals surface area contributed by atoms with Crippen molar-refractivity contribution in [3.8, 4) is 0 Å². The van der Waals surface area contributed by atoms with E-state index in [4.69, 9.17) is 4.74 Å². The van der Waals surface area contributed by atoms with E-state index in [1.807, 2.05) is 26.1 Å². The molecule has 0 aliphatic rings. The molecule has 122 valence electrons. The van der Waals surface area contributed by atoms with Crippen LogP contribution in [-0.4, -0.2) is 18.0 Å². The van der Waals surface area contributed by atoms with Gasteiger partial charge in [0.05, 0.1) is 12.1 Å².